The summed E-state index contributed by atoms with van der Waals surface area (Å²) in [7, 11) is -4.03. The van der Waals surface area contributed by atoms with E-state index in [4.69, 9.17) is 0 Å². The van der Waals surface area contributed by atoms with Crippen molar-refractivity contribution < 1.29 is 18.3 Å². The molecular weight excluding hydrogens is 496 g/mol. The first-order chi connectivity index (χ1) is 17.7. The molecule has 2 aromatic heterocycles. The molecule has 0 atom stereocenters. The Morgan fingerprint density at radius 2 is 1.76 bits per heavy atom. The number of para-hydroxylation sites is 1. The number of carbonyl (C=O) groups is 1. The minimum Gasteiger partial charge on any atom is -0.388 e. The Morgan fingerprint density at radius 1 is 1.08 bits per heavy atom. The van der Waals surface area contributed by atoms with Crippen LogP contribution in [-0.2, 0) is 16.6 Å². The van der Waals surface area contributed by atoms with Gasteiger partial charge in [0.25, 0.3) is 15.6 Å². The van der Waals surface area contributed by atoms with E-state index >= 15 is 0 Å². The highest BCUT2D eigenvalue weighted by atomic mass is 32.2. The minimum atomic E-state index is -4.03. The Hall–Kier alpha value is -4.03. The number of aryl methyl sites for hydroxylation is 1. The molecule has 11 nitrogen and oxygen atoms in total. The van der Waals surface area contributed by atoms with Crippen molar-refractivity contribution in [3.8, 4) is 5.69 Å². The number of urea groups is 1. The molecule has 0 aliphatic carbocycles. The zero-order valence-corrected chi connectivity index (χ0v) is 20.9. The standard InChI is InChI=1S/C25H26N6O5S/c1-18-7-5-6-10-21(18)37(35,36)28-24(33)29-13-11-25(34,12-14-29)16-30-17-26-22-20(23(30)32)15-27-31(22)19-8-3-2-4-9-19/h2-10,15,17,34H,11-14,16H2,1H3,(H,28,33). The summed E-state index contributed by atoms with van der Waals surface area (Å²) in [5, 5.41) is 15.8. The number of carbonyl (C=O) groups excluding carboxylic acids is 1. The summed E-state index contributed by atoms with van der Waals surface area (Å²) in [4.78, 5) is 31.6. The van der Waals surface area contributed by atoms with E-state index in [1.165, 1.54) is 28.1 Å². The molecule has 5 rings (SSSR count). The molecule has 0 radical (unpaired) electrons. The largest absolute Gasteiger partial charge is 0.388 e. The monoisotopic (exact) mass is 522 g/mol. The number of hydrogen-bond acceptors (Lipinski definition) is 7. The van der Waals surface area contributed by atoms with Crippen LogP contribution in [0.3, 0.4) is 0 Å². The fraction of sp³-hybridized carbons (Fsp3) is 0.280. The number of hydrogen-bond donors (Lipinski definition) is 2. The van der Waals surface area contributed by atoms with Crippen molar-refractivity contribution in [1.82, 2.24) is 29.0 Å². The van der Waals surface area contributed by atoms with Crippen molar-refractivity contribution >= 4 is 27.1 Å². The van der Waals surface area contributed by atoms with E-state index in [0.717, 1.165) is 5.69 Å². The van der Waals surface area contributed by atoms with Crippen molar-refractivity contribution in [1.29, 1.82) is 0 Å². The molecule has 1 aliphatic heterocycles. The Balaban J connectivity index is 1.27. The molecule has 1 saturated heterocycles. The summed E-state index contributed by atoms with van der Waals surface area (Å²) in [5.74, 6) is 0. The first-order valence-electron chi connectivity index (χ1n) is 11.8. The van der Waals surface area contributed by atoms with Gasteiger partial charge in [0, 0.05) is 13.1 Å². The second-order valence-electron chi connectivity index (χ2n) is 9.19. The van der Waals surface area contributed by atoms with E-state index < -0.39 is 21.7 Å². The number of aliphatic hydroxyl groups is 1. The summed E-state index contributed by atoms with van der Waals surface area (Å²) in [6.45, 7) is 1.90. The van der Waals surface area contributed by atoms with Gasteiger partial charge in [0.1, 0.15) is 11.7 Å². The fourth-order valence-corrected chi connectivity index (χ4v) is 5.73. The van der Waals surface area contributed by atoms with Gasteiger partial charge in [0.15, 0.2) is 5.65 Å². The van der Waals surface area contributed by atoms with Crippen LogP contribution in [0.4, 0.5) is 4.79 Å². The summed E-state index contributed by atoms with van der Waals surface area (Å²) in [6.07, 6.45) is 3.18. The average molecular weight is 523 g/mol. The molecule has 0 saturated carbocycles. The highest BCUT2D eigenvalue weighted by molar-refractivity contribution is 7.90. The molecule has 37 heavy (non-hydrogen) atoms. The predicted molar refractivity (Wildman–Crippen MR) is 136 cm³/mol. The molecule has 0 bridgehead atoms. The van der Waals surface area contributed by atoms with Gasteiger partial charge in [-0.1, -0.05) is 36.4 Å². The highest BCUT2D eigenvalue weighted by Gasteiger charge is 2.36. The van der Waals surface area contributed by atoms with Crippen LogP contribution in [0.15, 0.2) is 76.8 Å². The first kappa shape index (κ1) is 24.7. The van der Waals surface area contributed by atoms with Gasteiger partial charge in [-0.15, -0.1) is 0 Å². The second kappa shape index (κ2) is 9.45. The fourth-order valence-electron chi connectivity index (χ4n) is 4.51. The summed E-state index contributed by atoms with van der Waals surface area (Å²) >= 11 is 0. The van der Waals surface area contributed by atoms with Crippen LogP contribution in [0.25, 0.3) is 16.7 Å². The van der Waals surface area contributed by atoms with Gasteiger partial charge < -0.3 is 10.0 Å². The first-order valence-corrected chi connectivity index (χ1v) is 13.2. The molecule has 2 aromatic carbocycles. The molecule has 2 N–H and O–H groups in total. The quantitative estimate of drug-likeness (QED) is 0.407. The topological polar surface area (TPSA) is 139 Å². The lowest BCUT2D eigenvalue weighted by Gasteiger charge is -2.38. The maximum Gasteiger partial charge on any atom is 0.331 e. The predicted octanol–water partition coefficient (Wildman–Crippen LogP) is 1.82. The zero-order valence-electron chi connectivity index (χ0n) is 20.1. The van der Waals surface area contributed by atoms with Crippen LogP contribution in [0.1, 0.15) is 18.4 Å². The van der Waals surface area contributed by atoms with Gasteiger partial charge in [-0.25, -0.2) is 27.6 Å². The second-order valence-corrected chi connectivity index (χ2v) is 10.8. The number of nitrogens with zero attached hydrogens (tertiary/aromatic N) is 5. The van der Waals surface area contributed by atoms with Crippen LogP contribution in [-0.4, -0.2) is 62.5 Å². The Kier molecular flexibility index (Phi) is 6.30. The van der Waals surface area contributed by atoms with E-state index in [-0.39, 0.29) is 42.9 Å². The van der Waals surface area contributed by atoms with Crippen molar-refractivity contribution in [3.63, 3.8) is 0 Å². The van der Waals surface area contributed by atoms with Crippen LogP contribution < -0.4 is 10.3 Å². The number of rotatable bonds is 5. The number of nitrogens with one attached hydrogen (secondary N) is 1. The van der Waals surface area contributed by atoms with E-state index in [9.17, 15) is 23.1 Å². The average Bonchev–Trinajstić information content (AvgIpc) is 3.31. The Labute approximate surface area is 213 Å². The number of piperidine rings is 1. The molecule has 4 aromatic rings. The molecule has 12 heteroatoms. The van der Waals surface area contributed by atoms with Crippen LogP contribution in [0.5, 0.6) is 0 Å². The van der Waals surface area contributed by atoms with E-state index in [2.05, 4.69) is 14.8 Å². The lowest BCUT2D eigenvalue weighted by molar-refractivity contribution is -0.0261. The number of amides is 2. The van der Waals surface area contributed by atoms with Crippen LogP contribution in [0.2, 0.25) is 0 Å². The SMILES string of the molecule is Cc1ccccc1S(=O)(=O)NC(=O)N1CCC(O)(Cn2cnc3c(cnn3-c3ccccc3)c2=O)CC1. The number of aromatic nitrogens is 4. The molecule has 3 heterocycles. The maximum atomic E-state index is 13.1. The molecule has 1 fully saturated rings. The lowest BCUT2D eigenvalue weighted by atomic mass is 9.91. The Bertz CT molecular complexity index is 1620. The maximum absolute atomic E-state index is 13.1. The number of benzene rings is 2. The van der Waals surface area contributed by atoms with Crippen molar-refractivity contribution in [2.75, 3.05) is 13.1 Å². The van der Waals surface area contributed by atoms with Crippen molar-refractivity contribution in [2.45, 2.75) is 36.8 Å². The van der Waals surface area contributed by atoms with Gasteiger partial charge in [0.2, 0.25) is 0 Å². The molecule has 1 aliphatic rings. The third kappa shape index (κ3) is 4.85. The highest BCUT2D eigenvalue weighted by Crippen LogP contribution is 2.25. The van der Waals surface area contributed by atoms with Crippen molar-refractivity contribution in [3.05, 3.63) is 83.0 Å². The summed E-state index contributed by atoms with van der Waals surface area (Å²) in [5.41, 5.74) is 0.128. The van der Waals surface area contributed by atoms with Crippen LogP contribution in [0, 0.1) is 6.92 Å². The minimum absolute atomic E-state index is 0.0116. The van der Waals surface area contributed by atoms with E-state index in [1.807, 2.05) is 30.3 Å². The normalized spacial score (nSPS) is 15.6. The summed E-state index contributed by atoms with van der Waals surface area (Å²) < 4.78 is 30.3. The lowest BCUT2D eigenvalue weighted by Crippen LogP contribution is -2.52. The van der Waals surface area contributed by atoms with Crippen LogP contribution >= 0.6 is 0 Å². The molecular formula is C25H26N6O5S. The number of fused-ring (bicyclic) bond motifs is 1. The third-order valence-electron chi connectivity index (χ3n) is 6.61. The summed E-state index contributed by atoms with van der Waals surface area (Å²) in [6, 6.07) is 15.0. The van der Waals surface area contributed by atoms with Gasteiger partial charge in [-0.2, -0.15) is 5.10 Å². The molecule has 0 spiro atoms. The number of sulfonamides is 1. The van der Waals surface area contributed by atoms with Gasteiger partial charge in [0.05, 0.1) is 28.9 Å². The van der Waals surface area contributed by atoms with Gasteiger partial charge in [-0.3, -0.25) is 9.36 Å². The molecule has 192 valence electrons. The van der Waals surface area contributed by atoms with Gasteiger partial charge in [-0.05, 0) is 43.5 Å². The third-order valence-corrected chi connectivity index (χ3v) is 8.09. The number of likely N-dealkylation sites (tertiary alicyclic amines) is 1. The smallest absolute Gasteiger partial charge is 0.331 e. The molecule has 0 unspecified atom stereocenters. The van der Waals surface area contributed by atoms with E-state index in [1.54, 1.807) is 29.8 Å². The van der Waals surface area contributed by atoms with E-state index in [0.29, 0.717) is 16.6 Å². The molecule has 2 amide bonds. The Morgan fingerprint density at radius 3 is 2.46 bits per heavy atom. The van der Waals surface area contributed by atoms with Gasteiger partial charge >= 0.3 is 6.03 Å². The zero-order chi connectivity index (χ0) is 26.2. The van der Waals surface area contributed by atoms with Crippen molar-refractivity contribution in [2.24, 2.45) is 0 Å².